The third-order valence-electron chi connectivity index (χ3n) is 9.48. The molecule has 2 aliphatic rings. The molecule has 3 nitrogen and oxygen atoms in total. The molecule has 0 radical (unpaired) electrons. The normalized spacial score (nSPS) is 30.4. The van der Waals surface area contributed by atoms with Crippen LogP contribution in [0.4, 0.5) is 0 Å². The Hall–Kier alpha value is -0.410. The first-order valence-electron chi connectivity index (χ1n) is 14.4. The summed E-state index contributed by atoms with van der Waals surface area (Å²) in [4.78, 5) is 13.0. The Balaban J connectivity index is 1.76. The van der Waals surface area contributed by atoms with Gasteiger partial charge in [-0.25, -0.2) is 0 Å². The predicted octanol–water partition coefficient (Wildman–Crippen LogP) is 7.57. The lowest BCUT2D eigenvalue weighted by atomic mass is 9.68. The fourth-order valence-corrected chi connectivity index (χ4v) is 6.50. The maximum Gasteiger partial charge on any atom is 0.136 e. The van der Waals surface area contributed by atoms with Gasteiger partial charge in [-0.1, -0.05) is 80.1 Å². The maximum atomic E-state index is 13.0. The number of Topliss-reactive ketones (excluding diaryl/α,β-unsaturated/α-hetero) is 1. The van der Waals surface area contributed by atoms with Crippen LogP contribution in [0.15, 0.2) is 0 Å². The van der Waals surface area contributed by atoms with Crippen molar-refractivity contribution in [1.82, 2.24) is 0 Å². The van der Waals surface area contributed by atoms with E-state index in [1.807, 2.05) is 0 Å². The minimum atomic E-state index is -0.631. The van der Waals surface area contributed by atoms with Crippen molar-refractivity contribution in [2.24, 2.45) is 40.9 Å². The van der Waals surface area contributed by atoms with E-state index < -0.39 is 12.2 Å². The van der Waals surface area contributed by atoms with Gasteiger partial charge in [0.2, 0.25) is 0 Å². The van der Waals surface area contributed by atoms with Gasteiger partial charge in [0, 0.05) is 12.3 Å². The number of hydrogen-bond acceptors (Lipinski definition) is 3. The molecule has 0 heterocycles. The molecule has 0 aromatic carbocycles. The van der Waals surface area contributed by atoms with Gasteiger partial charge in [-0.15, -0.1) is 0 Å². The van der Waals surface area contributed by atoms with Gasteiger partial charge in [-0.05, 0) is 80.0 Å². The Kier molecular flexibility index (Phi) is 11.9. The SMILES string of the molecule is CCC(C)C(CCC[C@@H](O)C(O)CC1CCCC(C(C)(C)C)C1)CC(=O)C1CCC(C)CC1. The fraction of sp³-hybridized carbons (Fsp3) is 0.967. The molecule has 0 aromatic heterocycles. The number of hydrogen-bond donors (Lipinski definition) is 2. The zero-order valence-corrected chi connectivity index (χ0v) is 22.8. The van der Waals surface area contributed by atoms with E-state index in [9.17, 15) is 15.0 Å². The molecular weight excluding hydrogens is 408 g/mol. The van der Waals surface area contributed by atoms with Crippen LogP contribution in [0, 0.1) is 40.9 Å². The average Bonchev–Trinajstić information content (AvgIpc) is 2.77. The monoisotopic (exact) mass is 464 g/mol. The van der Waals surface area contributed by atoms with E-state index in [0.29, 0.717) is 41.8 Å². The lowest BCUT2D eigenvalue weighted by Gasteiger charge is -2.38. The molecule has 194 valence electrons. The number of ketones is 1. The zero-order valence-electron chi connectivity index (χ0n) is 22.8. The smallest absolute Gasteiger partial charge is 0.136 e. The molecule has 0 spiro atoms. The summed E-state index contributed by atoms with van der Waals surface area (Å²) in [5.41, 5.74) is 0.334. The summed E-state index contributed by atoms with van der Waals surface area (Å²) in [6.07, 6.45) is 13.3. The van der Waals surface area contributed by atoms with E-state index in [4.69, 9.17) is 0 Å². The van der Waals surface area contributed by atoms with Crippen LogP contribution in [0.2, 0.25) is 0 Å². The summed E-state index contributed by atoms with van der Waals surface area (Å²) in [6.45, 7) is 13.8. The first-order valence-corrected chi connectivity index (χ1v) is 14.4. The molecule has 33 heavy (non-hydrogen) atoms. The third-order valence-corrected chi connectivity index (χ3v) is 9.48. The molecule has 5 unspecified atom stereocenters. The fourth-order valence-electron chi connectivity index (χ4n) is 6.50. The van der Waals surface area contributed by atoms with E-state index >= 15 is 0 Å². The Morgan fingerprint density at radius 2 is 1.64 bits per heavy atom. The second kappa shape index (κ2) is 13.6. The van der Waals surface area contributed by atoms with Crippen molar-refractivity contribution in [3.63, 3.8) is 0 Å². The molecule has 2 aliphatic carbocycles. The van der Waals surface area contributed by atoms with Crippen LogP contribution in [-0.2, 0) is 4.79 Å². The van der Waals surface area contributed by atoms with Crippen molar-refractivity contribution in [2.45, 2.75) is 144 Å². The van der Waals surface area contributed by atoms with E-state index in [2.05, 4.69) is 41.5 Å². The third kappa shape index (κ3) is 9.63. The number of carbonyl (C=O) groups excluding carboxylic acids is 1. The Morgan fingerprint density at radius 3 is 2.24 bits per heavy atom. The molecule has 0 aliphatic heterocycles. The molecule has 2 rings (SSSR count). The van der Waals surface area contributed by atoms with Gasteiger partial charge in [0.05, 0.1) is 12.2 Å². The van der Waals surface area contributed by atoms with Gasteiger partial charge in [-0.3, -0.25) is 4.79 Å². The highest BCUT2D eigenvalue weighted by Crippen LogP contribution is 2.42. The highest BCUT2D eigenvalue weighted by molar-refractivity contribution is 5.81. The number of rotatable bonds is 12. The summed E-state index contributed by atoms with van der Waals surface area (Å²) in [7, 11) is 0. The highest BCUT2D eigenvalue weighted by atomic mass is 16.3. The van der Waals surface area contributed by atoms with Crippen LogP contribution in [-0.4, -0.2) is 28.2 Å². The van der Waals surface area contributed by atoms with E-state index in [1.54, 1.807) is 0 Å². The molecule has 2 fully saturated rings. The largest absolute Gasteiger partial charge is 0.390 e. The Morgan fingerprint density at radius 1 is 0.970 bits per heavy atom. The van der Waals surface area contributed by atoms with E-state index in [1.165, 1.54) is 38.5 Å². The summed E-state index contributed by atoms with van der Waals surface area (Å²) < 4.78 is 0. The average molecular weight is 465 g/mol. The summed E-state index contributed by atoms with van der Waals surface area (Å²) in [5.74, 6) is 3.76. The van der Waals surface area contributed by atoms with Gasteiger partial charge in [-0.2, -0.15) is 0 Å². The van der Waals surface area contributed by atoms with Crippen LogP contribution in [0.25, 0.3) is 0 Å². The number of carbonyl (C=O) groups is 1. The second-order valence-electron chi connectivity index (χ2n) is 13.2. The molecule has 3 heteroatoms. The number of aliphatic hydroxyl groups excluding tert-OH is 2. The van der Waals surface area contributed by atoms with Gasteiger partial charge in [0.25, 0.3) is 0 Å². The molecule has 2 N–H and O–H groups in total. The minimum Gasteiger partial charge on any atom is -0.390 e. The Labute approximate surface area is 205 Å². The minimum absolute atomic E-state index is 0.285. The van der Waals surface area contributed by atoms with Gasteiger partial charge < -0.3 is 10.2 Å². The number of aliphatic hydroxyl groups is 2. The lowest BCUT2D eigenvalue weighted by Crippen LogP contribution is -2.32. The molecule has 0 saturated heterocycles. The van der Waals surface area contributed by atoms with E-state index in [0.717, 1.165) is 50.4 Å². The molecule has 6 atom stereocenters. The second-order valence-corrected chi connectivity index (χ2v) is 13.2. The van der Waals surface area contributed by atoms with Crippen LogP contribution in [0.3, 0.4) is 0 Å². The summed E-state index contributed by atoms with van der Waals surface area (Å²) in [5, 5.41) is 21.4. The predicted molar refractivity (Wildman–Crippen MR) is 139 cm³/mol. The van der Waals surface area contributed by atoms with Crippen molar-refractivity contribution in [3.05, 3.63) is 0 Å². The lowest BCUT2D eigenvalue weighted by molar-refractivity contribution is -0.125. The topological polar surface area (TPSA) is 57.5 Å². The quantitative estimate of drug-likeness (QED) is 0.313. The first kappa shape index (κ1) is 28.8. The van der Waals surface area contributed by atoms with Crippen LogP contribution in [0.5, 0.6) is 0 Å². The van der Waals surface area contributed by atoms with E-state index in [-0.39, 0.29) is 5.92 Å². The van der Waals surface area contributed by atoms with Crippen molar-refractivity contribution in [3.8, 4) is 0 Å². The summed E-state index contributed by atoms with van der Waals surface area (Å²) in [6, 6.07) is 0. The standard InChI is InChI=1S/C30H56O3/c1-7-22(3)25(20-28(32)24-16-14-21(2)15-17-24)11-9-13-27(31)29(33)19-23-10-8-12-26(18-23)30(4,5)6/h21-27,29,31,33H,7-20H2,1-6H3/t21?,22?,23?,24?,25?,26?,27-,29?/m1/s1. The van der Waals surface area contributed by atoms with Crippen LogP contribution < -0.4 is 0 Å². The van der Waals surface area contributed by atoms with Crippen molar-refractivity contribution < 1.29 is 15.0 Å². The van der Waals surface area contributed by atoms with Gasteiger partial charge in [0.1, 0.15) is 5.78 Å². The van der Waals surface area contributed by atoms with Crippen molar-refractivity contribution >= 4 is 5.78 Å². The first-order chi connectivity index (χ1) is 15.5. The molecule has 0 aromatic rings. The van der Waals surface area contributed by atoms with Crippen molar-refractivity contribution in [1.29, 1.82) is 0 Å². The van der Waals surface area contributed by atoms with Gasteiger partial charge in [0.15, 0.2) is 0 Å². The zero-order chi connectivity index (χ0) is 24.6. The van der Waals surface area contributed by atoms with Crippen LogP contribution >= 0.6 is 0 Å². The highest BCUT2D eigenvalue weighted by Gasteiger charge is 2.33. The Bertz CT molecular complexity index is 557. The molecule has 2 saturated carbocycles. The maximum absolute atomic E-state index is 13.0. The van der Waals surface area contributed by atoms with Gasteiger partial charge >= 0.3 is 0 Å². The summed E-state index contributed by atoms with van der Waals surface area (Å²) >= 11 is 0. The molecule has 0 amide bonds. The molecular formula is C30H56O3. The van der Waals surface area contributed by atoms with Crippen LogP contribution in [0.1, 0.15) is 131 Å². The van der Waals surface area contributed by atoms with Crippen molar-refractivity contribution in [2.75, 3.05) is 0 Å². The molecule has 0 bridgehead atoms.